The number of aromatic nitrogens is 5. The van der Waals surface area contributed by atoms with Gasteiger partial charge < -0.3 is 14.0 Å². The highest BCUT2D eigenvalue weighted by atomic mass is 16.7. The summed E-state index contributed by atoms with van der Waals surface area (Å²) in [6.07, 6.45) is 2.53. The van der Waals surface area contributed by atoms with Gasteiger partial charge in [-0.2, -0.15) is 4.98 Å². The Kier molecular flexibility index (Phi) is 4.37. The zero-order valence-corrected chi connectivity index (χ0v) is 10.3. The highest BCUT2D eigenvalue weighted by Crippen LogP contribution is 2.15. The van der Waals surface area contributed by atoms with Crippen LogP contribution in [0, 0.1) is 0 Å². The molecule has 0 aliphatic carbocycles. The second-order valence-corrected chi connectivity index (χ2v) is 3.43. The first kappa shape index (κ1) is 12.7. The van der Waals surface area contributed by atoms with Gasteiger partial charge in [0.05, 0.1) is 6.20 Å². The van der Waals surface area contributed by atoms with Crippen molar-refractivity contribution in [3.05, 3.63) is 24.1 Å². The number of ether oxygens (including phenoxy) is 2. The van der Waals surface area contributed by atoms with Crippen molar-refractivity contribution in [1.29, 1.82) is 0 Å². The highest BCUT2D eigenvalue weighted by Gasteiger charge is 2.16. The molecule has 18 heavy (non-hydrogen) atoms. The normalized spacial score (nSPS) is 11.3. The van der Waals surface area contributed by atoms with Crippen LogP contribution in [0.25, 0.3) is 0 Å². The van der Waals surface area contributed by atoms with Crippen molar-refractivity contribution in [1.82, 2.24) is 25.1 Å². The fraction of sp³-hybridized carbons (Fsp3) is 0.600. The van der Waals surface area contributed by atoms with E-state index in [1.807, 2.05) is 13.8 Å². The molecule has 0 atom stereocenters. The number of hydrogen-bond donors (Lipinski definition) is 0. The molecule has 0 spiro atoms. The van der Waals surface area contributed by atoms with Crippen LogP contribution in [0.2, 0.25) is 0 Å². The van der Waals surface area contributed by atoms with Crippen molar-refractivity contribution in [3.63, 3.8) is 0 Å². The van der Waals surface area contributed by atoms with Crippen LogP contribution in [0.5, 0.6) is 0 Å². The van der Waals surface area contributed by atoms with E-state index in [-0.39, 0.29) is 0 Å². The Labute approximate surface area is 104 Å². The molecule has 2 aromatic heterocycles. The van der Waals surface area contributed by atoms with E-state index in [0.29, 0.717) is 31.3 Å². The standard InChI is InChI=1S/C10H15N5O3/c1-3-16-10(17-4-2)8-5-15(14-12-8)6-9-11-7-18-13-9/h5,7,10H,3-4,6H2,1-2H3. The summed E-state index contributed by atoms with van der Waals surface area (Å²) in [4.78, 5) is 3.91. The molecule has 0 radical (unpaired) electrons. The lowest BCUT2D eigenvalue weighted by Gasteiger charge is -2.13. The van der Waals surface area contributed by atoms with Crippen LogP contribution < -0.4 is 0 Å². The molecule has 8 heteroatoms. The maximum absolute atomic E-state index is 5.43. The van der Waals surface area contributed by atoms with Crippen LogP contribution in [-0.2, 0) is 16.0 Å². The minimum absolute atomic E-state index is 0.397. The molecule has 0 unspecified atom stereocenters. The average molecular weight is 253 g/mol. The molecule has 2 aromatic rings. The van der Waals surface area contributed by atoms with E-state index in [0.717, 1.165) is 0 Å². The molecule has 2 rings (SSSR count). The number of nitrogens with zero attached hydrogens (tertiary/aromatic N) is 5. The summed E-state index contributed by atoms with van der Waals surface area (Å²) in [5.74, 6) is 0.538. The molecule has 0 bridgehead atoms. The molecule has 0 N–H and O–H groups in total. The lowest BCUT2D eigenvalue weighted by atomic mass is 10.4. The quantitative estimate of drug-likeness (QED) is 0.673. The largest absolute Gasteiger partial charge is 0.347 e. The van der Waals surface area contributed by atoms with Crippen molar-refractivity contribution in [2.75, 3.05) is 13.2 Å². The van der Waals surface area contributed by atoms with Gasteiger partial charge in [-0.25, -0.2) is 4.68 Å². The third kappa shape index (κ3) is 3.11. The molecular formula is C10H15N5O3. The van der Waals surface area contributed by atoms with Crippen LogP contribution in [0.1, 0.15) is 31.7 Å². The second-order valence-electron chi connectivity index (χ2n) is 3.43. The Morgan fingerprint density at radius 1 is 1.33 bits per heavy atom. The molecule has 0 saturated carbocycles. The maximum Gasteiger partial charge on any atom is 0.213 e. The van der Waals surface area contributed by atoms with Gasteiger partial charge in [0, 0.05) is 13.2 Å². The molecule has 0 amide bonds. The molecule has 0 fully saturated rings. The zero-order valence-electron chi connectivity index (χ0n) is 10.3. The van der Waals surface area contributed by atoms with Crippen molar-refractivity contribution in [2.45, 2.75) is 26.7 Å². The van der Waals surface area contributed by atoms with Gasteiger partial charge >= 0.3 is 0 Å². The van der Waals surface area contributed by atoms with Gasteiger partial charge in [-0.15, -0.1) is 5.10 Å². The van der Waals surface area contributed by atoms with E-state index >= 15 is 0 Å². The third-order valence-corrected chi connectivity index (χ3v) is 2.14. The summed E-state index contributed by atoms with van der Waals surface area (Å²) >= 11 is 0. The fourth-order valence-corrected chi connectivity index (χ4v) is 1.43. The van der Waals surface area contributed by atoms with E-state index < -0.39 is 6.29 Å². The molecule has 0 saturated heterocycles. The first-order valence-electron chi connectivity index (χ1n) is 5.72. The summed E-state index contributed by atoms with van der Waals surface area (Å²) < 4.78 is 17.1. The Hall–Kier alpha value is -1.80. The fourth-order valence-electron chi connectivity index (χ4n) is 1.43. The van der Waals surface area contributed by atoms with Crippen LogP contribution in [0.3, 0.4) is 0 Å². The summed E-state index contributed by atoms with van der Waals surface area (Å²) in [6, 6.07) is 0. The molecule has 0 aromatic carbocycles. The Balaban J connectivity index is 2.03. The van der Waals surface area contributed by atoms with Gasteiger partial charge in [0.2, 0.25) is 12.7 Å². The van der Waals surface area contributed by atoms with Crippen molar-refractivity contribution in [3.8, 4) is 0 Å². The van der Waals surface area contributed by atoms with E-state index in [4.69, 9.17) is 9.47 Å². The minimum atomic E-state index is -0.487. The molecule has 2 heterocycles. The van der Waals surface area contributed by atoms with Gasteiger partial charge in [0.1, 0.15) is 12.2 Å². The molecule has 8 nitrogen and oxygen atoms in total. The first-order chi connectivity index (χ1) is 8.83. The van der Waals surface area contributed by atoms with Crippen molar-refractivity contribution in [2.24, 2.45) is 0 Å². The summed E-state index contributed by atoms with van der Waals surface area (Å²) in [6.45, 7) is 5.28. The van der Waals surface area contributed by atoms with Crippen LogP contribution in [0.4, 0.5) is 0 Å². The van der Waals surface area contributed by atoms with Crippen molar-refractivity contribution >= 4 is 0 Å². The van der Waals surface area contributed by atoms with Gasteiger partial charge in [0.25, 0.3) is 0 Å². The van der Waals surface area contributed by atoms with Gasteiger partial charge in [-0.3, -0.25) is 0 Å². The number of hydrogen-bond acceptors (Lipinski definition) is 7. The van der Waals surface area contributed by atoms with E-state index in [1.54, 1.807) is 10.9 Å². The van der Waals surface area contributed by atoms with Gasteiger partial charge in [-0.1, -0.05) is 10.4 Å². The summed E-state index contributed by atoms with van der Waals surface area (Å²) in [7, 11) is 0. The van der Waals surface area contributed by atoms with Crippen LogP contribution >= 0.6 is 0 Å². The predicted octanol–water partition coefficient (Wildman–Crippen LogP) is 0.781. The SMILES string of the molecule is CCOC(OCC)c1cn(Cc2ncon2)nn1. The van der Waals surface area contributed by atoms with Gasteiger partial charge in [-0.05, 0) is 13.8 Å². The predicted molar refractivity (Wildman–Crippen MR) is 59.4 cm³/mol. The summed E-state index contributed by atoms with van der Waals surface area (Å²) in [5, 5.41) is 11.7. The van der Waals surface area contributed by atoms with E-state index in [1.165, 1.54) is 6.39 Å². The molecule has 0 aliphatic heterocycles. The van der Waals surface area contributed by atoms with Crippen LogP contribution in [0.15, 0.2) is 17.1 Å². The molecule has 98 valence electrons. The lowest BCUT2D eigenvalue weighted by Crippen LogP contribution is -2.09. The highest BCUT2D eigenvalue weighted by molar-refractivity contribution is 4.96. The van der Waals surface area contributed by atoms with Crippen LogP contribution in [-0.4, -0.2) is 38.3 Å². The maximum atomic E-state index is 5.43. The monoisotopic (exact) mass is 253 g/mol. The smallest absolute Gasteiger partial charge is 0.213 e. The Morgan fingerprint density at radius 2 is 2.11 bits per heavy atom. The lowest BCUT2D eigenvalue weighted by molar-refractivity contribution is -0.142. The minimum Gasteiger partial charge on any atom is -0.347 e. The average Bonchev–Trinajstić information content (AvgIpc) is 3.01. The second kappa shape index (κ2) is 6.22. The molecule has 0 aliphatic rings. The topological polar surface area (TPSA) is 88.1 Å². The third-order valence-electron chi connectivity index (χ3n) is 2.14. The van der Waals surface area contributed by atoms with E-state index in [9.17, 15) is 0 Å². The van der Waals surface area contributed by atoms with E-state index in [2.05, 4.69) is 25.0 Å². The zero-order chi connectivity index (χ0) is 12.8. The molecular weight excluding hydrogens is 238 g/mol. The Bertz CT molecular complexity index is 450. The Morgan fingerprint density at radius 3 is 2.72 bits per heavy atom. The summed E-state index contributed by atoms with van der Waals surface area (Å²) in [5.41, 5.74) is 0.627. The van der Waals surface area contributed by atoms with Crippen molar-refractivity contribution < 1.29 is 14.0 Å². The number of rotatable bonds is 7. The van der Waals surface area contributed by atoms with Gasteiger partial charge in [0.15, 0.2) is 5.82 Å². The first-order valence-corrected chi connectivity index (χ1v) is 5.72.